The molecule has 0 saturated carbocycles. The third-order valence-electron chi connectivity index (χ3n) is 3.75. The molecule has 1 heterocycles. The summed E-state index contributed by atoms with van der Waals surface area (Å²) in [6, 6.07) is 17.3. The first-order valence-corrected chi connectivity index (χ1v) is 8.24. The average Bonchev–Trinajstić information content (AvgIpc) is 3.06. The number of amides is 1. The van der Waals surface area contributed by atoms with Crippen molar-refractivity contribution in [3.8, 4) is 16.9 Å². The van der Waals surface area contributed by atoms with Crippen LogP contribution in [-0.4, -0.2) is 22.2 Å². The largest absolute Gasteiger partial charge is 0.350 e. The summed E-state index contributed by atoms with van der Waals surface area (Å²) >= 11 is 0. The number of para-hydroxylation sites is 1. The second-order valence-corrected chi connectivity index (χ2v) is 6.27. The molecule has 0 radical (unpaired) electrons. The van der Waals surface area contributed by atoms with Crippen molar-refractivity contribution in [3.63, 3.8) is 0 Å². The molecule has 4 nitrogen and oxygen atoms in total. The molecule has 5 heteroatoms. The maximum Gasteiger partial charge on any atom is 0.270 e. The second-order valence-electron chi connectivity index (χ2n) is 6.27. The van der Waals surface area contributed by atoms with E-state index < -0.39 is 0 Å². The Balaban J connectivity index is 2.02. The van der Waals surface area contributed by atoms with Gasteiger partial charge in [0.1, 0.15) is 11.5 Å². The van der Waals surface area contributed by atoms with Gasteiger partial charge in [0.2, 0.25) is 0 Å². The van der Waals surface area contributed by atoms with E-state index >= 15 is 0 Å². The summed E-state index contributed by atoms with van der Waals surface area (Å²) in [6.45, 7) is 4.67. The molecule has 0 aliphatic rings. The lowest BCUT2D eigenvalue weighted by molar-refractivity contribution is 0.0941. The Morgan fingerprint density at radius 1 is 1.12 bits per heavy atom. The monoisotopic (exact) mass is 337 g/mol. The lowest BCUT2D eigenvalue weighted by Crippen LogP contribution is -2.29. The molecular formula is C20H20FN3O. The Hall–Kier alpha value is -2.95. The highest BCUT2D eigenvalue weighted by Gasteiger charge is 2.17. The third kappa shape index (κ3) is 3.94. The number of halogens is 1. The maximum atomic E-state index is 13.2. The summed E-state index contributed by atoms with van der Waals surface area (Å²) in [5.74, 6) is -0.131. The second kappa shape index (κ2) is 7.30. The van der Waals surface area contributed by atoms with E-state index in [-0.39, 0.29) is 11.7 Å². The van der Waals surface area contributed by atoms with Crippen LogP contribution in [0.15, 0.2) is 60.7 Å². The summed E-state index contributed by atoms with van der Waals surface area (Å²) in [6.07, 6.45) is 0. The number of carbonyl (C=O) groups is 1. The van der Waals surface area contributed by atoms with Crippen molar-refractivity contribution in [2.75, 3.05) is 6.54 Å². The number of nitrogens with one attached hydrogen (secondary N) is 1. The molecule has 0 spiro atoms. The number of hydrogen-bond acceptors (Lipinski definition) is 2. The predicted molar refractivity (Wildman–Crippen MR) is 96.1 cm³/mol. The minimum Gasteiger partial charge on any atom is -0.350 e. The Bertz CT molecular complexity index is 854. The molecule has 0 fully saturated rings. The molecule has 0 bridgehead atoms. The molecule has 1 amide bonds. The fourth-order valence-corrected chi connectivity index (χ4v) is 2.46. The first kappa shape index (κ1) is 16.9. The van der Waals surface area contributed by atoms with Gasteiger partial charge in [-0.15, -0.1) is 0 Å². The van der Waals surface area contributed by atoms with Gasteiger partial charge in [0.25, 0.3) is 5.91 Å². The molecule has 1 aromatic heterocycles. The van der Waals surface area contributed by atoms with Gasteiger partial charge in [0, 0.05) is 12.1 Å². The normalized spacial score (nSPS) is 10.9. The van der Waals surface area contributed by atoms with Crippen LogP contribution < -0.4 is 5.32 Å². The van der Waals surface area contributed by atoms with Crippen LogP contribution in [0, 0.1) is 11.7 Å². The lowest BCUT2D eigenvalue weighted by atomic mass is 10.1. The van der Waals surface area contributed by atoms with Crippen molar-refractivity contribution in [1.29, 1.82) is 0 Å². The van der Waals surface area contributed by atoms with Crippen LogP contribution in [0.4, 0.5) is 4.39 Å². The first-order chi connectivity index (χ1) is 12.0. The van der Waals surface area contributed by atoms with Gasteiger partial charge in [-0.05, 0) is 48.4 Å². The highest BCUT2D eigenvalue weighted by atomic mass is 19.1. The van der Waals surface area contributed by atoms with Crippen LogP contribution in [0.3, 0.4) is 0 Å². The molecule has 0 saturated heterocycles. The molecule has 3 aromatic rings. The molecule has 0 aliphatic carbocycles. The van der Waals surface area contributed by atoms with E-state index in [2.05, 4.69) is 10.4 Å². The first-order valence-electron chi connectivity index (χ1n) is 8.24. The molecule has 2 aromatic carbocycles. The van der Waals surface area contributed by atoms with Crippen molar-refractivity contribution in [2.45, 2.75) is 13.8 Å². The van der Waals surface area contributed by atoms with Crippen LogP contribution in [-0.2, 0) is 0 Å². The van der Waals surface area contributed by atoms with Gasteiger partial charge in [-0.1, -0.05) is 32.0 Å². The Morgan fingerprint density at radius 2 is 1.80 bits per heavy atom. The zero-order valence-corrected chi connectivity index (χ0v) is 14.2. The minimum atomic E-state index is -0.304. The van der Waals surface area contributed by atoms with Crippen molar-refractivity contribution >= 4 is 5.91 Å². The number of hydrogen-bond donors (Lipinski definition) is 1. The van der Waals surface area contributed by atoms with Crippen LogP contribution in [0.1, 0.15) is 24.3 Å². The van der Waals surface area contributed by atoms with E-state index in [0.717, 1.165) is 11.3 Å². The van der Waals surface area contributed by atoms with Crippen molar-refractivity contribution < 1.29 is 9.18 Å². The van der Waals surface area contributed by atoms with Crippen LogP contribution in [0.5, 0.6) is 0 Å². The molecule has 25 heavy (non-hydrogen) atoms. The Morgan fingerprint density at radius 3 is 2.44 bits per heavy atom. The van der Waals surface area contributed by atoms with E-state index in [9.17, 15) is 9.18 Å². The van der Waals surface area contributed by atoms with Crippen LogP contribution in [0.2, 0.25) is 0 Å². The van der Waals surface area contributed by atoms with Crippen molar-refractivity contribution in [3.05, 3.63) is 72.2 Å². The zero-order valence-electron chi connectivity index (χ0n) is 14.2. The van der Waals surface area contributed by atoms with Gasteiger partial charge in [-0.2, -0.15) is 5.10 Å². The number of nitrogens with zero attached hydrogens (tertiary/aromatic N) is 2. The number of aromatic nitrogens is 2. The molecule has 0 atom stereocenters. The smallest absolute Gasteiger partial charge is 0.270 e. The van der Waals surface area contributed by atoms with Crippen molar-refractivity contribution in [1.82, 2.24) is 15.1 Å². The van der Waals surface area contributed by atoms with E-state index in [1.54, 1.807) is 22.9 Å². The summed E-state index contributed by atoms with van der Waals surface area (Å²) < 4.78 is 14.8. The molecule has 128 valence electrons. The van der Waals surface area contributed by atoms with Crippen LogP contribution >= 0.6 is 0 Å². The maximum absolute atomic E-state index is 13.2. The summed E-state index contributed by atoms with van der Waals surface area (Å²) in [4.78, 5) is 12.6. The predicted octanol–water partition coefficient (Wildman–Crippen LogP) is 4.06. The Kier molecular flexibility index (Phi) is 4.93. The third-order valence-corrected chi connectivity index (χ3v) is 3.75. The van der Waals surface area contributed by atoms with E-state index in [1.807, 2.05) is 44.2 Å². The van der Waals surface area contributed by atoms with Gasteiger partial charge in [0.05, 0.1) is 11.4 Å². The molecule has 0 aliphatic heterocycles. The zero-order chi connectivity index (χ0) is 17.8. The Labute approximate surface area is 146 Å². The highest BCUT2D eigenvalue weighted by Crippen LogP contribution is 2.22. The molecule has 1 N–H and O–H groups in total. The quantitative estimate of drug-likeness (QED) is 0.763. The van der Waals surface area contributed by atoms with Gasteiger partial charge in [0.15, 0.2) is 0 Å². The van der Waals surface area contributed by atoms with Crippen molar-refractivity contribution in [2.24, 2.45) is 5.92 Å². The van der Waals surface area contributed by atoms with Gasteiger partial charge in [-0.3, -0.25) is 4.79 Å². The molecular weight excluding hydrogens is 317 g/mol. The van der Waals surface area contributed by atoms with E-state index in [0.29, 0.717) is 23.9 Å². The topological polar surface area (TPSA) is 46.9 Å². The summed E-state index contributed by atoms with van der Waals surface area (Å²) in [5, 5.41) is 7.48. The average molecular weight is 337 g/mol. The number of rotatable bonds is 5. The van der Waals surface area contributed by atoms with Gasteiger partial charge in [-0.25, -0.2) is 9.07 Å². The summed E-state index contributed by atoms with van der Waals surface area (Å²) in [7, 11) is 0. The van der Waals surface area contributed by atoms with Gasteiger partial charge < -0.3 is 5.32 Å². The fraction of sp³-hybridized carbons (Fsp3) is 0.200. The fourth-order valence-electron chi connectivity index (χ4n) is 2.46. The molecule has 0 unspecified atom stereocenters. The van der Waals surface area contributed by atoms with E-state index in [1.165, 1.54) is 12.1 Å². The minimum absolute atomic E-state index is 0.182. The van der Waals surface area contributed by atoms with Crippen LogP contribution in [0.25, 0.3) is 16.9 Å². The highest BCUT2D eigenvalue weighted by molar-refractivity contribution is 5.94. The standard InChI is InChI=1S/C20H20FN3O/c1-14(2)13-22-20(25)19-12-18(15-8-10-16(21)11-9-15)23-24(19)17-6-4-3-5-7-17/h3-12,14H,13H2,1-2H3,(H,22,25). The van der Waals surface area contributed by atoms with E-state index in [4.69, 9.17) is 0 Å². The number of carbonyl (C=O) groups excluding carboxylic acids is 1. The van der Waals surface area contributed by atoms with Gasteiger partial charge >= 0.3 is 0 Å². The number of benzene rings is 2. The summed E-state index contributed by atoms with van der Waals surface area (Å²) in [5.41, 5.74) is 2.63. The molecule has 3 rings (SSSR count). The lowest BCUT2D eigenvalue weighted by Gasteiger charge is -2.09. The SMILES string of the molecule is CC(C)CNC(=O)c1cc(-c2ccc(F)cc2)nn1-c1ccccc1.